The van der Waals surface area contributed by atoms with Crippen LogP contribution < -0.4 is 4.90 Å². The summed E-state index contributed by atoms with van der Waals surface area (Å²) in [6, 6.07) is 16.2. The molecule has 3 nitrogen and oxygen atoms in total. The van der Waals surface area contributed by atoms with E-state index in [1.165, 1.54) is 5.56 Å². The number of hydrogen-bond acceptors (Lipinski definition) is 3. The van der Waals surface area contributed by atoms with Gasteiger partial charge in [0.15, 0.2) is 0 Å². The number of aryl methyl sites for hydroxylation is 1. The van der Waals surface area contributed by atoms with Crippen LogP contribution in [0.25, 0.3) is 10.9 Å². The van der Waals surface area contributed by atoms with Crippen LogP contribution in [0, 0.1) is 6.92 Å². The third kappa shape index (κ3) is 2.32. The smallest absolute Gasteiger partial charge is 0.224 e. The minimum Gasteiger partial charge on any atom is -0.329 e. The van der Waals surface area contributed by atoms with E-state index >= 15 is 0 Å². The lowest BCUT2D eigenvalue weighted by atomic mass is 10.1. The van der Waals surface area contributed by atoms with Crippen LogP contribution in [-0.4, -0.2) is 17.0 Å². The Morgan fingerprint density at radius 2 is 1.75 bits per heavy atom. The van der Waals surface area contributed by atoms with Gasteiger partial charge in [0.05, 0.1) is 5.52 Å². The summed E-state index contributed by atoms with van der Waals surface area (Å²) in [5.74, 6) is 0.815. The summed E-state index contributed by atoms with van der Waals surface area (Å²) in [5, 5.41) is 1.26. The molecule has 100 valence electrons. The highest BCUT2D eigenvalue weighted by Crippen LogP contribution is 2.30. The first-order valence-electron chi connectivity index (χ1n) is 6.38. The lowest BCUT2D eigenvalue weighted by Crippen LogP contribution is -2.12. The molecule has 20 heavy (non-hydrogen) atoms. The minimum atomic E-state index is 0.263. The number of anilines is 2. The average Bonchev–Trinajstić information content (AvgIpc) is 2.47. The Kier molecular flexibility index (Phi) is 3.28. The third-order valence-corrected chi connectivity index (χ3v) is 3.43. The fourth-order valence-electron chi connectivity index (χ4n) is 2.23. The first kappa shape index (κ1) is 12.9. The number of hydrogen-bond donors (Lipinski definition) is 0. The molecule has 3 rings (SSSR count). The van der Waals surface area contributed by atoms with Crippen molar-refractivity contribution in [1.82, 2.24) is 9.97 Å². The Hall–Kier alpha value is -2.13. The zero-order valence-corrected chi connectivity index (χ0v) is 12.1. The van der Waals surface area contributed by atoms with Crippen molar-refractivity contribution in [2.24, 2.45) is 0 Å². The predicted molar refractivity (Wildman–Crippen MR) is 83.8 cm³/mol. The second kappa shape index (κ2) is 5.10. The van der Waals surface area contributed by atoms with Crippen LogP contribution in [0.2, 0.25) is 5.28 Å². The van der Waals surface area contributed by atoms with E-state index in [1.54, 1.807) is 0 Å². The van der Waals surface area contributed by atoms with E-state index in [0.717, 1.165) is 22.4 Å². The maximum absolute atomic E-state index is 6.05. The summed E-state index contributed by atoms with van der Waals surface area (Å²) in [7, 11) is 1.98. The van der Waals surface area contributed by atoms with E-state index in [0.29, 0.717) is 0 Å². The minimum absolute atomic E-state index is 0.263. The van der Waals surface area contributed by atoms with E-state index in [-0.39, 0.29) is 5.28 Å². The SMILES string of the molecule is Cc1ccc2nc(Cl)nc(N(C)c3ccccc3)c2c1. The van der Waals surface area contributed by atoms with Gasteiger partial charge in [-0.15, -0.1) is 0 Å². The molecule has 0 fully saturated rings. The molecule has 0 amide bonds. The number of benzene rings is 2. The normalized spacial score (nSPS) is 10.8. The van der Waals surface area contributed by atoms with Crippen LogP contribution in [0.5, 0.6) is 0 Å². The van der Waals surface area contributed by atoms with Gasteiger partial charge in [-0.1, -0.05) is 29.8 Å². The summed E-state index contributed by atoms with van der Waals surface area (Å²) in [6.07, 6.45) is 0. The van der Waals surface area contributed by atoms with Crippen LogP contribution in [0.1, 0.15) is 5.56 Å². The standard InChI is InChI=1S/C16H14ClN3/c1-11-8-9-14-13(10-11)15(19-16(17)18-14)20(2)12-6-4-3-5-7-12/h3-10H,1-2H3. The molecule has 0 bridgehead atoms. The highest BCUT2D eigenvalue weighted by Gasteiger charge is 2.12. The number of fused-ring (bicyclic) bond motifs is 1. The summed E-state index contributed by atoms with van der Waals surface area (Å²) in [5.41, 5.74) is 3.09. The van der Waals surface area contributed by atoms with Crippen LogP contribution in [0.4, 0.5) is 11.5 Å². The number of para-hydroxylation sites is 1. The molecule has 0 spiro atoms. The molecule has 0 N–H and O–H groups in total. The van der Waals surface area contributed by atoms with Crippen molar-refractivity contribution in [2.45, 2.75) is 6.92 Å². The fraction of sp³-hybridized carbons (Fsp3) is 0.125. The van der Waals surface area contributed by atoms with Gasteiger partial charge in [0.2, 0.25) is 5.28 Å². The lowest BCUT2D eigenvalue weighted by molar-refractivity contribution is 1.11. The molecular weight excluding hydrogens is 270 g/mol. The van der Waals surface area contributed by atoms with Gasteiger partial charge < -0.3 is 4.90 Å². The number of halogens is 1. The van der Waals surface area contributed by atoms with Crippen LogP contribution in [-0.2, 0) is 0 Å². The maximum Gasteiger partial charge on any atom is 0.224 e. The third-order valence-electron chi connectivity index (χ3n) is 3.27. The van der Waals surface area contributed by atoms with Crippen LogP contribution >= 0.6 is 11.6 Å². The predicted octanol–water partition coefficient (Wildman–Crippen LogP) is 4.36. The molecule has 0 saturated heterocycles. The Morgan fingerprint density at radius 3 is 2.50 bits per heavy atom. The van der Waals surface area contributed by atoms with E-state index in [1.807, 2.05) is 54.4 Å². The molecule has 1 heterocycles. The highest BCUT2D eigenvalue weighted by atomic mass is 35.5. The Labute approximate surface area is 122 Å². The monoisotopic (exact) mass is 283 g/mol. The second-order valence-corrected chi connectivity index (χ2v) is 5.07. The van der Waals surface area contributed by atoms with Crippen molar-refractivity contribution in [1.29, 1.82) is 0 Å². The van der Waals surface area contributed by atoms with Gasteiger partial charge >= 0.3 is 0 Å². The van der Waals surface area contributed by atoms with Crippen LogP contribution in [0.15, 0.2) is 48.5 Å². The van der Waals surface area contributed by atoms with Gasteiger partial charge in [-0.05, 0) is 42.8 Å². The second-order valence-electron chi connectivity index (χ2n) is 4.73. The molecule has 4 heteroatoms. The molecule has 0 aliphatic heterocycles. The Balaban J connectivity index is 2.22. The molecule has 0 aliphatic rings. The molecular formula is C16H14ClN3. The number of aromatic nitrogens is 2. The van der Waals surface area contributed by atoms with E-state index in [4.69, 9.17) is 11.6 Å². The van der Waals surface area contributed by atoms with Gasteiger partial charge in [0.1, 0.15) is 5.82 Å². The molecule has 0 atom stereocenters. The molecule has 3 aromatic rings. The molecule has 1 aromatic heterocycles. The summed E-state index contributed by atoms with van der Waals surface area (Å²) >= 11 is 6.05. The Morgan fingerprint density at radius 1 is 1.00 bits per heavy atom. The van der Waals surface area contributed by atoms with E-state index < -0.39 is 0 Å². The zero-order valence-electron chi connectivity index (χ0n) is 11.3. The summed E-state index contributed by atoms with van der Waals surface area (Å²) < 4.78 is 0. The summed E-state index contributed by atoms with van der Waals surface area (Å²) in [6.45, 7) is 2.06. The van der Waals surface area contributed by atoms with Crippen molar-refractivity contribution in [2.75, 3.05) is 11.9 Å². The quantitative estimate of drug-likeness (QED) is 0.654. The first-order chi connectivity index (χ1) is 9.65. The molecule has 0 radical (unpaired) electrons. The highest BCUT2D eigenvalue weighted by molar-refractivity contribution is 6.28. The number of nitrogens with zero attached hydrogens (tertiary/aromatic N) is 3. The Bertz CT molecular complexity index is 756. The van der Waals surface area contributed by atoms with Crippen molar-refractivity contribution in [3.63, 3.8) is 0 Å². The zero-order chi connectivity index (χ0) is 14.1. The molecule has 0 aliphatic carbocycles. The van der Waals surface area contributed by atoms with Gasteiger partial charge in [-0.25, -0.2) is 4.98 Å². The maximum atomic E-state index is 6.05. The topological polar surface area (TPSA) is 29.0 Å². The molecule has 0 unspecified atom stereocenters. The van der Waals surface area contributed by atoms with Crippen molar-refractivity contribution >= 4 is 34.0 Å². The van der Waals surface area contributed by atoms with Gasteiger partial charge in [0.25, 0.3) is 0 Å². The van der Waals surface area contributed by atoms with Crippen molar-refractivity contribution in [3.05, 3.63) is 59.4 Å². The lowest BCUT2D eigenvalue weighted by Gasteiger charge is -2.20. The fourth-order valence-corrected chi connectivity index (χ4v) is 2.40. The van der Waals surface area contributed by atoms with Gasteiger partial charge in [-0.3, -0.25) is 0 Å². The largest absolute Gasteiger partial charge is 0.329 e. The first-order valence-corrected chi connectivity index (χ1v) is 6.75. The number of rotatable bonds is 2. The van der Waals surface area contributed by atoms with Crippen molar-refractivity contribution < 1.29 is 0 Å². The van der Waals surface area contributed by atoms with E-state index in [2.05, 4.69) is 23.0 Å². The molecule has 0 saturated carbocycles. The summed E-state index contributed by atoms with van der Waals surface area (Å²) in [4.78, 5) is 10.7. The van der Waals surface area contributed by atoms with Crippen LogP contribution in [0.3, 0.4) is 0 Å². The van der Waals surface area contributed by atoms with Gasteiger partial charge in [0, 0.05) is 18.1 Å². The van der Waals surface area contributed by atoms with Gasteiger partial charge in [-0.2, -0.15) is 4.98 Å². The van der Waals surface area contributed by atoms with Crippen molar-refractivity contribution in [3.8, 4) is 0 Å². The average molecular weight is 284 g/mol. The molecule has 2 aromatic carbocycles. The van der Waals surface area contributed by atoms with E-state index in [9.17, 15) is 0 Å².